The second-order valence-electron chi connectivity index (χ2n) is 9.77. The smallest absolute Gasteiger partial charge is 0.264 e. The number of carbonyl (C=O) groups excluding carboxylic acids is 2. The van der Waals surface area contributed by atoms with Crippen molar-refractivity contribution < 1.29 is 18.0 Å². The summed E-state index contributed by atoms with van der Waals surface area (Å²) in [6.45, 7) is 7.01. The number of hydrogen-bond donors (Lipinski definition) is 1. The van der Waals surface area contributed by atoms with Gasteiger partial charge < -0.3 is 10.2 Å². The number of hydrogen-bond acceptors (Lipinski definition) is 4. The normalized spacial score (nSPS) is 12.8. The Bertz CT molecular complexity index is 1400. The second kappa shape index (κ2) is 14.0. The van der Waals surface area contributed by atoms with Gasteiger partial charge in [0.25, 0.3) is 10.0 Å². The van der Waals surface area contributed by atoms with Crippen molar-refractivity contribution in [2.45, 2.75) is 57.5 Å². The Morgan fingerprint density at radius 2 is 1.52 bits per heavy atom. The van der Waals surface area contributed by atoms with Gasteiger partial charge in [-0.25, -0.2) is 8.42 Å². The number of nitrogens with zero attached hydrogens (tertiary/aromatic N) is 2. The van der Waals surface area contributed by atoms with Crippen LogP contribution < -0.4 is 9.62 Å². The molecule has 0 aliphatic carbocycles. The fraction of sp³-hybridized carbons (Fsp3) is 0.333. The van der Waals surface area contributed by atoms with Crippen LogP contribution in [0.2, 0.25) is 10.0 Å². The monoisotopic (exact) mass is 603 g/mol. The molecule has 7 nitrogen and oxygen atoms in total. The molecule has 2 amide bonds. The topological polar surface area (TPSA) is 86.8 Å². The summed E-state index contributed by atoms with van der Waals surface area (Å²) in [7, 11) is -4.20. The van der Waals surface area contributed by atoms with E-state index in [1.807, 2.05) is 51.1 Å². The van der Waals surface area contributed by atoms with E-state index in [-0.39, 0.29) is 39.1 Å². The van der Waals surface area contributed by atoms with E-state index in [0.29, 0.717) is 6.42 Å². The highest BCUT2D eigenvalue weighted by atomic mass is 35.5. The van der Waals surface area contributed by atoms with Crippen LogP contribution in [0, 0.1) is 6.92 Å². The molecule has 0 fully saturated rings. The van der Waals surface area contributed by atoms with Crippen molar-refractivity contribution in [3.63, 3.8) is 0 Å². The lowest BCUT2D eigenvalue weighted by molar-refractivity contribution is -0.139. The molecule has 214 valence electrons. The van der Waals surface area contributed by atoms with Crippen molar-refractivity contribution in [1.29, 1.82) is 0 Å². The maximum absolute atomic E-state index is 13.9. The van der Waals surface area contributed by atoms with E-state index in [2.05, 4.69) is 5.32 Å². The number of benzene rings is 3. The second-order valence-corrected chi connectivity index (χ2v) is 12.5. The molecule has 2 atom stereocenters. The molecule has 0 aromatic heterocycles. The minimum atomic E-state index is -4.20. The first-order valence-electron chi connectivity index (χ1n) is 13.1. The van der Waals surface area contributed by atoms with Gasteiger partial charge in [0.15, 0.2) is 0 Å². The quantitative estimate of drug-likeness (QED) is 0.280. The highest BCUT2D eigenvalue weighted by Crippen LogP contribution is 2.30. The summed E-state index contributed by atoms with van der Waals surface area (Å²) in [5, 5.41) is 3.37. The van der Waals surface area contributed by atoms with Gasteiger partial charge in [0.05, 0.1) is 10.6 Å². The van der Waals surface area contributed by atoms with Gasteiger partial charge in [-0.1, -0.05) is 78.2 Å². The van der Waals surface area contributed by atoms with Gasteiger partial charge in [0, 0.05) is 22.6 Å². The van der Waals surface area contributed by atoms with Crippen LogP contribution in [-0.2, 0) is 26.0 Å². The van der Waals surface area contributed by atoms with Crippen molar-refractivity contribution in [2.24, 2.45) is 0 Å². The van der Waals surface area contributed by atoms with E-state index in [4.69, 9.17) is 23.2 Å². The molecule has 0 spiro atoms. The summed E-state index contributed by atoms with van der Waals surface area (Å²) in [5.41, 5.74) is 2.02. The third kappa shape index (κ3) is 8.22. The molecule has 0 aliphatic rings. The molecule has 1 N–H and O–H groups in total. The lowest BCUT2D eigenvalue weighted by atomic mass is 10.1. The summed E-state index contributed by atoms with van der Waals surface area (Å²) in [5.74, 6) is -0.843. The van der Waals surface area contributed by atoms with E-state index in [1.165, 1.54) is 35.2 Å². The number of nitrogens with one attached hydrogen (secondary N) is 1. The first-order chi connectivity index (χ1) is 18.9. The molecule has 3 aromatic rings. The van der Waals surface area contributed by atoms with Crippen LogP contribution in [0.3, 0.4) is 0 Å². The molecule has 3 rings (SSSR count). The molecule has 0 unspecified atom stereocenters. The third-order valence-corrected chi connectivity index (χ3v) is 8.90. The largest absolute Gasteiger partial charge is 0.352 e. The van der Waals surface area contributed by atoms with Crippen LogP contribution in [0.1, 0.15) is 38.3 Å². The Morgan fingerprint density at radius 1 is 0.925 bits per heavy atom. The predicted octanol–water partition coefficient (Wildman–Crippen LogP) is 5.87. The SMILES string of the molecule is CC[C@@H](C)NC(=O)[C@@H](C)N(CCc1ccccc1)C(=O)CN(c1cc(Cl)cc(Cl)c1)S(=O)(=O)c1ccc(C)cc1. The Hall–Kier alpha value is -3.07. The summed E-state index contributed by atoms with van der Waals surface area (Å²) in [6, 6.07) is 19.4. The molecule has 10 heteroatoms. The summed E-state index contributed by atoms with van der Waals surface area (Å²) in [4.78, 5) is 28.5. The van der Waals surface area contributed by atoms with Crippen molar-refractivity contribution in [1.82, 2.24) is 10.2 Å². The molecule has 0 saturated heterocycles. The minimum Gasteiger partial charge on any atom is -0.352 e. The van der Waals surface area contributed by atoms with Gasteiger partial charge in [-0.05, 0) is 69.5 Å². The van der Waals surface area contributed by atoms with E-state index >= 15 is 0 Å². The van der Waals surface area contributed by atoms with Gasteiger partial charge in [0.1, 0.15) is 12.6 Å². The molecule has 0 heterocycles. The van der Waals surface area contributed by atoms with Gasteiger partial charge in [0.2, 0.25) is 11.8 Å². The maximum Gasteiger partial charge on any atom is 0.264 e. The number of anilines is 1. The molecule has 0 bridgehead atoms. The first-order valence-corrected chi connectivity index (χ1v) is 15.3. The molecule has 0 saturated carbocycles. The fourth-order valence-electron chi connectivity index (χ4n) is 4.09. The Labute approximate surface area is 247 Å². The van der Waals surface area contributed by atoms with Crippen molar-refractivity contribution in [3.05, 3.63) is 94.0 Å². The van der Waals surface area contributed by atoms with Crippen LogP contribution in [0.15, 0.2) is 77.7 Å². The standard InChI is InChI=1S/C30H35Cl2N3O4S/c1-5-22(3)33-30(37)23(4)34(16-15-24-9-7-6-8-10-24)29(36)20-35(27-18-25(31)17-26(32)19-27)40(38,39)28-13-11-21(2)12-14-28/h6-14,17-19,22-23H,5,15-16,20H2,1-4H3,(H,33,37)/t22-,23-/m1/s1. The average molecular weight is 605 g/mol. The number of sulfonamides is 1. The van der Waals surface area contributed by atoms with E-state index < -0.39 is 28.5 Å². The Kier molecular flexibility index (Phi) is 11.0. The zero-order valence-electron chi connectivity index (χ0n) is 23.1. The van der Waals surface area contributed by atoms with Crippen LogP contribution >= 0.6 is 23.2 Å². The number of rotatable bonds is 12. The molecule has 0 radical (unpaired) electrons. The molecular weight excluding hydrogens is 569 g/mol. The van der Waals surface area contributed by atoms with Crippen molar-refractivity contribution >= 4 is 50.7 Å². The lowest BCUT2D eigenvalue weighted by Crippen LogP contribution is -2.53. The number of halogens is 2. The molecule has 3 aromatic carbocycles. The zero-order chi connectivity index (χ0) is 29.4. The third-order valence-electron chi connectivity index (χ3n) is 6.68. The maximum atomic E-state index is 13.9. The van der Waals surface area contributed by atoms with Crippen molar-refractivity contribution in [2.75, 3.05) is 17.4 Å². The minimum absolute atomic E-state index is 0.0143. The zero-order valence-corrected chi connectivity index (χ0v) is 25.4. The summed E-state index contributed by atoms with van der Waals surface area (Å²) < 4.78 is 28.8. The molecule has 0 aliphatic heterocycles. The van der Waals surface area contributed by atoms with E-state index in [1.54, 1.807) is 19.1 Å². The Balaban J connectivity index is 2.01. The Morgan fingerprint density at radius 3 is 2.10 bits per heavy atom. The number of amides is 2. The van der Waals surface area contributed by atoms with Crippen LogP contribution in [0.25, 0.3) is 0 Å². The van der Waals surface area contributed by atoms with Gasteiger partial charge >= 0.3 is 0 Å². The van der Waals surface area contributed by atoms with Gasteiger partial charge in [-0.2, -0.15) is 0 Å². The average Bonchev–Trinajstić information content (AvgIpc) is 2.91. The summed E-state index contributed by atoms with van der Waals surface area (Å²) >= 11 is 12.5. The fourth-order valence-corrected chi connectivity index (χ4v) is 6.00. The van der Waals surface area contributed by atoms with Gasteiger partial charge in [-0.15, -0.1) is 0 Å². The lowest BCUT2D eigenvalue weighted by Gasteiger charge is -2.32. The van der Waals surface area contributed by atoms with Crippen LogP contribution in [0.5, 0.6) is 0 Å². The summed E-state index contributed by atoms with van der Waals surface area (Å²) in [6.07, 6.45) is 1.22. The van der Waals surface area contributed by atoms with E-state index in [9.17, 15) is 18.0 Å². The molecular formula is C30H35Cl2N3O4S. The van der Waals surface area contributed by atoms with Crippen LogP contribution in [0.4, 0.5) is 5.69 Å². The highest BCUT2D eigenvalue weighted by molar-refractivity contribution is 7.92. The van der Waals surface area contributed by atoms with Crippen LogP contribution in [-0.4, -0.2) is 50.3 Å². The first kappa shape index (κ1) is 31.5. The van der Waals surface area contributed by atoms with E-state index in [0.717, 1.165) is 21.9 Å². The predicted molar refractivity (Wildman–Crippen MR) is 161 cm³/mol. The molecule has 40 heavy (non-hydrogen) atoms. The highest BCUT2D eigenvalue weighted by Gasteiger charge is 2.32. The van der Waals surface area contributed by atoms with Crippen molar-refractivity contribution in [3.8, 4) is 0 Å². The van der Waals surface area contributed by atoms with Gasteiger partial charge in [-0.3, -0.25) is 13.9 Å². The number of carbonyl (C=O) groups is 2. The number of aryl methyl sites for hydroxylation is 1.